The number of guanidine groups is 1. The Labute approximate surface area is 165 Å². The summed E-state index contributed by atoms with van der Waals surface area (Å²) in [5.41, 5.74) is -0.222. The minimum absolute atomic E-state index is 0. The largest absolute Gasteiger partial charge is 0.377 e. The maximum Gasteiger partial charge on any atom is 0.191 e. The molecule has 1 rings (SSSR count). The quantitative estimate of drug-likeness (QED) is 0.252. The van der Waals surface area contributed by atoms with Gasteiger partial charge in [-0.25, -0.2) is 0 Å². The van der Waals surface area contributed by atoms with Crippen molar-refractivity contribution in [2.75, 3.05) is 66.5 Å². The van der Waals surface area contributed by atoms with Crippen LogP contribution in [0.1, 0.15) is 33.6 Å². The Bertz CT molecular complexity index is 352. The predicted octanol–water partition coefficient (Wildman–Crippen LogP) is 1.61. The summed E-state index contributed by atoms with van der Waals surface area (Å²) in [6.45, 7) is 14.6. The van der Waals surface area contributed by atoms with Crippen LogP contribution in [0, 0.1) is 0 Å². The van der Waals surface area contributed by atoms with Crippen molar-refractivity contribution >= 4 is 29.9 Å². The molecule has 0 unspecified atom stereocenters. The molecule has 144 valence electrons. The minimum atomic E-state index is -0.222. The summed E-state index contributed by atoms with van der Waals surface area (Å²) in [6, 6.07) is 0. The SMILES string of the molecule is CCNC(=NCC(C)(C)OC)NCCCN1CCCN(C)CC1.I. The van der Waals surface area contributed by atoms with Gasteiger partial charge < -0.3 is 25.2 Å². The fourth-order valence-electron chi connectivity index (χ4n) is 2.51. The van der Waals surface area contributed by atoms with Gasteiger partial charge in [0.1, 0.15) is 0 Å². The van der Waals surface area contributed by atoms with Gasteiger partial charge in [0, 0.05) is 33.3 Å². The van der Waals surface area contributed by atoms with Gasteiger partial charge in [-0.2, -0.15) is 0 Å². The smallest absolute Gasteiger partial charge is 0.191 e. The van der Waals surface area contributed by atoms with Gasteiger partial charge in [0.15, 0.2) is 5.96 Å². The molecule has 1 saturated heterocycles. The second-order valence-corrected chi connectivity index (χ2v) is 6.94. The zero-order valence-electron chi connectivity index (χ0n) is 16.2. The highest BCUT2D eigenvalue weighted by Crippen LogP contribution is 2.07. The molecule has 7 heteroatoms. The lowest BCUT2D eigenvalue weighted by atomic mass is 10.1. The minimum Gasteiger partial charge on any atom is -0.377 e. The molecule has 0 aromatic rings. The molecular formula is C17H38IN5O. The van der Waals surface area contributed by atoms with Gasteiger partial charge in [-0.15, -0.1) is 24.0 Å². The summed E-state index contributed by atoms with van der Waals surface area (Å²) >= 11 is 0. The number of nitrogens with zero attached hydrogens (tertiary/aromatic N) is 3. The van der Waals surface area contributed by atoms with E-state index in [9.17, 15) is 0 Å². The molecule has 0 radical (unpaired) electrons. The van der Waals surface area contributed by atoms with Crippen molar-refractivity contribution in [1.82, 2.24) is 20.4 Å². The Morgan fingerprint density at radius 3 is 2.58 bits per heavy atom. The highest BCUT2D eigenvalue weighted by molar-refractivity contribution is 14.0. The Balaban J connectivity index is 0.00000529. The molecule has 24 heavy (non-hydrogen) atoms. The first-order valence-corrected chi connectivity index (χ1v) is 8.95. The molecule has 0 amide bonds. The highest BCUT2D eigenvalue weighted by atomic mass is 127. The summed E-state index contributed by atoms with van der Waals surface area (Å²) < 4.78 is 5.42. The molecule has 2 N–H and O–H groups in total. The molecule has 1 fully saturated rings. The number of hydrogen-bond donors (Lipinski definition) is 2. The van der Waals surface area contributed by atoms with Crippen molar-refractivity contribution in [1.29, 1.82) is 0 Å². The van der Waals surface area contributed by atoms with E-state index < -0.39 is 0 Å². The predicted molar refractivity (Wildman–Crippen MR) is 114 cm³/mol. The Kier molecular flexibility index (Phi) is 13.1. The second-order valence-electron chi connectivity index (χ2n) is 6.94. The van der Waals surface area contributed by atoms with Crippen LogP contribution in [0.3, 0.4) is 0 Å². The number of nitrogens with one attached hydrogen (secondary N) is 2. The average Bonchev–Trinajstić information content (AvgIpc) is 2.73. The molecule has 0 saturated carbocycles. The number of halogens is 1. The van der Waals surface area contributed by atoms with Gasteiger partial charge in [0.25, 0.3) is 0 Å². The molecular weight excluding hydrogens is 417 g/mol. The van der Waals surface area contributed by atoms with Gasteiger partial charge >= 0.3 is 0 Å². The van der Waals surface area contributed by atoms with E-state index >= 15 is 0 Å². The van der Waals surface area contributed by atoms with Crippen LogP contribution in [0.4, 0.5) is 0 Å². The van der Waals surface area contributed by atoms with Crippen LogP contribution in [0.2, 0.25) is 0 Å². The lowest BCUT2D eigenvalue weighted by Gasteiger charge is -2.22. The fraction of sp³-hybridized carbons (Fsp3) is 0.941. The molecule has 0 atom stereocenters. The Hall–Kier alpha value is -0.120. The zero-order valence-corrected chi connectivity index (χ0v) is 18.6. The number of aliphatic imine (C=N–C) groups is 1. The molecule has 0 aliphatic carbocycles. The highest BCUT2D eigenvalue weighted by Gasteiger charge is 2.15. The topological polar surface area (TPSA) is 52.1 Å². The molecule has 1 aliphatic heterocycles. The lowest BCUT2D eigenvalue weighted by molar-refractivity contribution is 0.0310. The Morgan fingerprint density at radius 2 is 1.92 bits per heavy atom. The molecule has 1 heterocycles. The first kappa shape index (κ1) is 23.9. The maximum atomic E-state index is 5.42. The van der Waals surface area contributed by atoms with Crippen molar-refractivity contribution in [2.24, 2.45) is 4.99 Å². The van der Waals surface area contributed by atoms with Crippen LogP contribution in [-0.4, -0.2) is 87.9 Å². The van der Waals surface area contributed by atoms with Gasteiger partial charge in [-0.3, -0.25) is 4.99 Å². The van der Waals surface area contributed by atoms with E-state index in [1.807, 2.05) is 0 Å². The third kappa shape index (κ3) is 10.7. The van der Waals surface area contributed by atoms with Gasteiger partial charge in [0.2, 0.25) is 0 Å². The number of rotatable bonds is 8. The van der Waals surface area contributed by atoms with Gasteiger partial charge in [0.05, 0.1) is 12.1 Å². The van der Waals surface area contributed by atoms with Crippen LogP contribution < -0.4 is 10.6 Å². The average molecular weight is 455 g/mol. The standard InChI is InChI=1S/C17H37N5O.HI/c1-6-18-16(20-15-17(2,3)23-5)19-9-7-11-22-12-8-10-21(4)13-14-22;/h6-15H2,1-5H3,(H2,18,19,20);1H. The van der Waals surface area contributed by atoms with E-state index in [2.05, 4.69) is 53.2 Å². The van der Waals surface area contributed by atoms with Crippen LogP contribution in [0.15, 0.2) is 4.99 Å². The first-order chi connectivity index (χ1) is 11.0. The van der Waals surface area contributed by atoms with Gasteiger partial charge in [-0.1, -0.05) is 0 Å². The number of ether oxygens (including phenoxy) is 1. The normalized spacial score (nSPS) is 18.0. The molecule has 0 aromatic carbocycles. The zero-order chi connectivity index (χ0) is 17.1. The van der Waals surface area contributed by atoms with E-state index in [1.54, 1.807) is 7.11 Å². The van der Waals surface area contributed by atoms with Crippen LogP contribution in [0.5, 0.6) is 0 Å². The third-order valence-corrected chi connectivity index (χ3v) is 4.27. The second kappa shape index (κ2) is 13.1. The van der Waals surface area contributed by atoms with E-state index in [0.717, 1.165) is 32.0 Å². The summed E-state index contributed by atoms with van der Waals surface area (Å²) in [5.74, 6) is 0.883. The summed E-state index contributed by atoms with van der Waals surface area (Å²) in [5, 5.41) is 6.72. The van der Waals surface area contributed by atoms with Crippen molar-refractivity contribution < 1.29 is 4.74 Å². The van der Waals surface area contributed by atoms with E-state index in [1.165, 1.54) is 32.6 Å². The lowest BCUT2D eigenvalue weighted by Crippen LogP contribution is -2.40. The number of methoxy groups -OCH3 is 1. The molecule has 1 aliphatic rings. The van der Waals surface area contributed by atoms with E-state index in [0.29, 0.717) is 6.54 Å². The number of hydrogen-bond acceptors (Lipinski definition) is 4. The maximum absolute atomic E-state index is 5.42. The fourth-order valence-corrected chi connectivity index (χ4v) is 2.51. The van der Waals surface area contributed by atoms with Crippen LogP contribution in [-0.2, 0) is 4.74 Å². The van der Waals surface area contributed by atoms with Crippen molar-refractivity contribution in [3.8, 4) is 0 Å². The van der Waals surface area contributed by atoms with Crippen molar-refractivity contribution in [2.45, 2.75) is 39.2 Å². The number of likely N-dealkylation sites (N-methyl/N-ethyl adjacent to an activating group) is 1. The van der Waals surface area contributed by atoms with Crippen LogP contribution in [0.25, 0.3) is 0 Å². The first-order valence-electron chi connectivity index (χ1n) is 8.95. The third-order valence-electron chi connectivity index (χ3n) is 4.27. The van der Waals surface area contributed by atoms with E-state index in [-0.39, 0.29) is 29.6 Å². The molecule has 0 bridgehead atoms. The van der Waals surface area contributed by atoms with Gasteiger partial charge in [-0.05, 0) is 60.3 Å². The molecule has 0 aromatic heterocycles. The summed E-state index contributed by atoms with van der Waals surface area (Å²) in [7, 11) is 3.94. The van der Waals surface area contributed by atoms with E-state index in [4.69, 9.17) is 4.74 Å². The van der Waals surface area contributed by atoms with Crippen LogP contribution >= 0.6 is 24.0 Å². The Morgan fingerprint density at radius 1 is 1.17 bits per heavy atom. The van der Waals surface area contributed by atoms with Crippen molar-refractivity contribution in [3.63, 3.8) is 0 Å². The van der Waals surface area contributed by atoms with Crippen molar-refractivity contribution in [3.05, 3.63) is 0 Å². The molecule has 0 spiro atoms. The summed E-state index contributed by atoms with van der Waals surface area (Å²) in [6.07, 6.45) is 2.42. The molecule has 6 nitrogen and oxygen atoms in total. The monoisotopic (exact) mass is 455 g/mol. The summed E-state index contributed by atoms with van der Waals surface area (Å²) in [4.78, 5) is 9.61.